The number of benzene rings is 2. The minimum atomic E-state index is 0.596. The van der Waals surface area contributed by atoms with Gasteiger partial charge >= 0.3 is 0 Å². The lowest BCUT2D eigenvalue weighted by atomic mass is 10.1. The van der Waals surface area contributed by atoms with Crippen molar-refractivity contribution >= 4 is 17.3 Å². The minimum Gasteiger partial charge on any atom is -0.497 e. The Balaban J connectivity index is 1.79. The van der Waals surface area contributed by atoms with E-state index in [0.717, 1.165) is 22.6 Å². The molecule has 4 rings (SSSR count). The van der Waals surface area contributed by atoms with Crippen molar-refractivity contribution in [3.8, 4) is 34.3 Å². The number of nitrogens with one attached hydrogen (secondary N) is 1. The van der Waals surface area contributed by atoms with Gasteiger partial charge in [0.1, 0.15) is 17.1 Å². The number of methoxy groups -OCH3 is 4. The average molecular weight is 406 g/mol. The van der Waals surface area contributed by atoms with Gasteiger partial charge < -0.3 is 24.3 Å². The van der Waals surface area contributed by atoms with E-state index in [4.69, 9.17) is 23.9 Å². The summed E-state index contributed by atoms with van der Waals surface area (Å²) in [5.74, 6) is 3.23. The van der Waals surface area contributed by atoms with E-state index in [0.29, 0.717) is 28.9 Å². The lowest BCUT2D eigenvalue weighted by molar-refractivity contribution is 0.355. The first-order valence-electron chi connectivity index (χ1n) is 9.22. The minimum absolute atomic E-state index is 0.596. The molecule has 8 nitrogen and oxygen atoms in total. The zero-order valence-corrected chi connectivity index (χ0v) is 17.2. The monoisotopic (exact) mass is 406 g/mol. The third kappa shape index (κ3) is 3.55. The van der Waals surface area contributed by atoms with Crippen LogP contribution in [0.25, 0.3) is 16.9 Å². The van der Waals surface area contributed by atoms with Gasteiger partial charge in [-0.05, 0) is 30.3 Å². The number of ether oxygens (including phenoxy) is 4. The van der Waals surface area contributed by atoms with Crippen LogP contribution in [0.1, 0.15) is 0 Å². The summed E-state index contributed by atoms with van der Waals surface area (Å²) in [6.45, 7) is 0. The van der Waals surface area contributed by atoms with Crippen molar-refractivity contribution in [2.24, 2.45) is 0 Å². The summed E-state index contributed by atoms with van der Waals surface area (Å²) in [7, 11) is 6.44. The molecule has 0 fully saturated rings. The zero-order chi connectivity index (χ0) is 21.1. The van der Waals surface area contributed by atoms with Crippen LogP contribution in [0.5, 0.6) is 23.0 Å². The van der Waals surface area contributed by atoms with Crippen LogP contribution < -0.4 is 24.3 Å². The van der Waals surface area contributed by atoms with Gasteiger partial charge in [-0.25, -0.2) is 9.97 Å². The maximum absolute atomic E-state index is 5.50. The van der Waals surface area contributed by atoms with E-state index in [2.05, 4.69) is 10.3 Å². The molecule has 0 saturated heterocycles. The van der Waals surface area contributed by atoms with Crippen LogP contribution in [0, 0.1) is 0 Å². The number of fused-ring (bicyclic) bond motifs is 1. The normalized spacial score (nSPS) is 10.7. The van der Waals surface area contributed by atoms with Gasteiger partial charge in [-0.1, -0.05) is 0 Å². The predicted molar refractivity (Wildman–Crippen MR) is 114 cm³/mol. The fourth-order valence-electron chi connectivity index (χ4n) is 3.18. The number of nitrogens with zero attached hydrogens (tertiary/aromatic N) is 3. The maximum atomic E-state index is 5.50. The smallest absolute Gasteiger partial charge is 0.213 e. The molecule has 30 heavy (non-hydrogen) atoms. The van der Waals surface area contributed by atoms with Gasteiger partial charge in [0.25, 0.3) is 0 Å². The Morgan fingerprint density at radius 3 is 2.33 bits per heavy atom. The third-order valence-corrected chi connectivity index (χ3v) is 4.72. The predicted octanol–water partition coefficient (Wildman–Crippen LogP) is 4.17. The van der Waals surface area contributed by atoms with Crippen LogP contribution in [0.4, 0.5) is 11.6 Å². The summed E-state index contributed by atoms with van der Waals surface area (Å²) in [6, 6.07) is 13.1. The fourth-order valence-corrected chi connectivity index (χ4v) is 3.18. The summed E-state index contributed by atoms with van der Waals surface area (Å²) in [5.41, 5.74) is 3.13. The van der Waals surface area contributed by atoms with Crippen LogP contribution in [0.3, 0.4) is 0 Å². The number of anilines is 2. The fraction of sp³-hybridized carbons (Fsp3) is 0.182. The van der Waals surface area contributed by atoms with Gasteiger partial charge in [0.15, 0.2) is 11.5 Å². The lowest BCUT2D eigenvalue weighted by Gasteiger charge is -2.14. The maximum Gasteiger partial charge on any atom is 0.213 e. The zero-order valence-electron chi connectivity index (χ0n) is 17.2. The molecule has 0 spiro atoms. The Morgan fingerprint density at radius 1 is 0.800 bits per heavy atom. The number of aromatic nitrogens is 3. The van der Waals surface area contributed by atoms with E-state index >= 15 is 0 Å². The van der Waals surface area contributed by atoms with E-state index in [9.17, 15) is 0 Å². The highest BCUT2D eigenvalue weighted by atomic mass is 16.5. The summed E-state index contributed by atoms with van der Waals surface area (Å²) < 4.78 is 23.4. The van der Waals surface area contributed by atoms with Crippen molar-refractivity contribution in [2.45, 2.75) is 0 Å². The Kier molecular flexibility index (Phi) is 5.30. The number of rotatable bonds is 7. The first-order valence-corrected chi connectivity index (χ1v) is 9.22. The van der Waals surface area contributed by atoms with Gasteiger partial charge in [0, 0.05) is 30.1 Å². The average Bonchev–Trinajstić information content (AvgIpc) is 3.27. The molecule has 8 heteroatoms. The van der Waals surface area contributed by atoms with Crippen molar-refractivity contribution in [2.75, 3.05) is 33.8 Å². The highest BCUT2D eigenvalue weighted by Gasteiger charge is 2.13. The summed E-state index contributed by atoms with van der Waals surface area (Å²) in [6.07, 6.45) is 3.57. The second-order valence-electron chi connectivity index (χ2n) is 6.38. The molecular formula is C22H22N4O4. The van der Waals surface area contributed by atoms with E-state index in [-0.39, 0.29) is 0 Å². The number of imidazole rings is 1. The molecule has 0 aliphatic rings. The highest BCUT2D eigenvalue weighted by molar-refractivity contribution is 5.71. The van der Waals surface area contributed by atoms with E-state index in [1.807, 2.05) is 53.1 Å². The summed E-state index contributed by atoms with van der Waals surface area (Å²) >= 11 is 0. The molecule has 0 aliphatic carbocycles. The van der Waals surface area contributed by atoms with Crippen LogP contribution in [0.15, 0.2) is 54.9 Å². The molecule has 154 valence electrons. The van der Waals surface area contributed by atoms with Gasteiger partial charge in [-0.2, -0.15) is 0 Å². The Bertz CT molecular complexity index is 1190. The number of hydrogen-bond acceptors (Lipinski definition) is 7. The second-order valence-corrected chi connectivity index (χ2v) is 6.38. The molecule has 0 bridgehead atoms. The first kappa shape index (κ1) is 19.4. The molecule has 0 atom stereocenters. The van der Waals surface area contributed by atoms with Gasteiger partial charge in [0.05, 0.1) is 39.8 Å². The SMILES string of the molecule is COc1ccc(Nc2nc(-c3ccc(OC)c(OC)c3)cc3nccn23)c(OC)c1. The molecule has 4 aromatic rings. The van der Waals surface area contributed by atoms with E-state index < -0.39 is 0 Å². The molecule has 0 saturated carbocycles. The van der Waals surface area contributed by atoms with Gasteiger partial charge in [-0.15, -0.1) is 0 Å². The second kappa shape index (κ2) is 8.20. The standard InChI is InChI=1S/C22H22N4O4/c1-27-15-6-7-16(19(12-15)29-3)24-22-25-17(13-21-23-9-10-26(21)22)14-5-8-18(28-2)20(11-14)30-4/h5-13H,1-4H3,(H,24,25). The Morgan fingerprint density at radius 2 is 1.60 bits per heavy atom. The van der Waals surface area contributed by atoms with Gasteiger partial charge in [-0.3, -0.25) is 4.40 Å². The largest absolute Gasteiger partial charge is 0.497 e. The topological polar surface area (TPSA) is 79.1 Å². The van der Waals surface area contributed by atoms with Crippen molar-refractivity contribution in [1.82, 2.24) is 14.4 Å². The molecular weight excluding hydrogens is 384 g/mol. The Labute approximate surface area is 174 Å². The van der Waals surface area contributed by atoms with E-state index in [1.165, 1.54) is 0 Å². The van der Waals surface area contributed by atoms with Crippen molar-refractivity contribution in [1.29, 1.82) is 0 Å². The van der Waals surface area contributed by atoms with Crippen molar-refractivity contribution < 1.29 is 18.9 Å². The number of hydrogen-bond donors (Lipinski definition) is 1. The van der Waals surface area contributed by atoms with Crippen molar-refractivity contribution in [3.05, 3.63) is 54.9 Å². The van der Waals surface area contributed by atoms with Crippen LogP contribution in [-0.2, 0) is 0 Å². The molecule has 2 aromatic heterocycles. The van der Waals surface area contributed by atoms with E-state index in [1.54, 1.807) is 34.6 Å². The van der Waals surface area contributed by atoms with Crippen LogP contribution in [0.2, 0.25) is 0 Å². The van der Waals surface area contributed by atoms with Gasteiger partial charge in [0.2, 0.25) is 5.95 Å². The molecule has 0 radical (unpaired) electrons. The molecule has 1 N–H and O–H groups in total. The quantitative estimate of drug-likeness (QED) is 0.493. The first-order chi connectivity index (χ1) is 14.7. The Hall–Kier alpha value is -3.94. The lowest BCUT2D eigenvalue weighted by Crippen LogP contribution is -2.04. The van der Waals surface area contributed by atoms with Crippen LogP contribution >= 0.6 is 0 Å². The molecule has 2 aromatic carbocycles. The molecule has 0 amide bonds. The molecule has 2 heterocycles. The summed E-state index contributed by atoms with van der Waals surface area (Å²) in [4.78, 5) is 9.25. The molecule has 0 unspecified atom stereocenters. The van der Waals surface area contributed by atoms with Crippen molar-refractivity contribution in [3.63, 3.8) is 0 Å². The highest BCUT2D eigenvalue weighted by Crippen LogP contribution is 2.34. The van der Waals surface area contributed by atoms with Crippen LogP contribution in [-0.4, -0.2) is 42.8 Å². The summed E-state index contributed by atoms with van der Waals surface area (Å²) in [5, 5.41) is 3.34. The molecule has 0 aliphatic heterocycles. The third-order valence-electron chi connectivity index (χ3n) is 4.72.